The first-order valence-electron chi connectivity index (χ1n) is 4.06. The molecule has 0 aliphatic heterocycles. The summed E-state index contributed by atoms with van der Waals surface area (Å²) in [6.45, 7) is 0.704. The molecule has 0 amide bonds. The molecule has 3 N–H and O–H groups in total. The number of anilines is 2. The van der Waals surface area contributed by atoms with Crippen LogP contribution < -0.4 is 11.1 Å². The van der Waals surface area contributed by atoms with E-state index in [9.17, 15) is 0 Å². The van der Waals surface area contributed by atoms with Gasteiger partial charge in [0, 0.05) is 24.5 Å². The van der Waals surface area contributed by atoms with Gasteiger partial charge >= 0.3 is 12.0 Å². The molecule has 0 aliphatic carbocycles. The predicted molar refractivity (Wildman–Crippen MR) is 53.0 cm³/mol. The Morgan fingerprint density at radius 2 is 2.43 bits per heavy atom. The zero-order valence-electron chi connectivity index (χ0n) is 7.30. The van der Waals surface area contributed by atoms with E-state index in [1.54, 1.807) is 17.5 Å². The third-order valence-corrected chi connectivity index (χ3v) is 2.38. The Kier molecular flexibility index (Phi) is 2.59. The van der Waals surface area contributed by atoms with Gasteiger partial charge in [-0.25, -0.2) is 4.98 Å². The van der Waals surface area contributed by atoms with Crippen LogP contribution in [0.1, 0.15) is 5.01 Å². The highest BCUT2D eigenvalue weighted by Gasteiger charge is 2.01. The maximum absolute atomic E-state index is 5.25. The molecule has 2 heterocycles. The highest BCUT2D eigenvalue weighted by atomic mass is 32.1. The number of nitrogens with two attached hydrogens (primary N) is 1. The van der Waals surface area contributed by atoms with Crippen molar-refractivity contribution in [2.75, 3.05) is 17.6 Å². The summed E-state index contributed by atoms with van der Waals surface area (Å²) in [5.41, 5.74) is 5.25. The monoisotopic (exact) mass is 211 g/mol. The van der Waals surface area contributed by atoms with Gasteiger partial charge < -0.3 is 15.5 Å². The molecular formula is C7H9N5OS. The lowest BCUT2D eigenvalue weighted by atomic mass is 10.4. The minimum Gasteiger partial charge on any atom is -0.390 e. The smallest absolute Gasteiger partial charge is 0.316 e. The van der Waals surface area contributed by atoms with Crippen LogP contribution in [0, 0.1) is 0 Å². The Bertz CT molecular complexity index is 384. The van der Waals surface area contributed by atoms with Crippen LogP contribution in [0.15, 0.2) is 16.0 Å². The minimum absolute atomic E-state index is 0.0711. The van der Waals surface area contributed by atoms with Crippen molar-refractivity contribution in [1.82, 2.24) is 15.2 Å². The zero-order chi connectivity index (χ0) is 9.80. The summed E-state index contributed by atoms with van der Waals surface area (Å²) in [5, 5.41) is 13.2. The summed E-state index contributed by atoms with van der Waals surface area (Å²) in [7, 11) is 0. The van der Waals surface area contributed by atoms with Crippen molar-refractivity contribution in [3.63, 3.8) is 0 Å². The molecule has 2 aromatic rings. The van der Waals surface area contributed by atoms with Crippen LogP contribution >= 0.6 is 11.3 Å². The van der Waals surface area contributed by atoms with E-state index in [0.717, 1.165) is 11.4 Å². The molecule has 74 valence electrons. The Balaban J connectivity index is 1.78. The molecule has 0 saturated heterocycles. The average molecular weight is 211 g/mol. The summed E-state index contributed by atoms with van der Waals surface area (Å²) in [4.78, 5) is 4.14. The van der Waals surface area contributed by atoms with Crippen LogP contribution in [-0.2, 0) is 6.42 Å². The lowest BCUT2D eigenvalue weighted by molar-refractivity contribution is 0.586. The maximum Gasteiger partial charge on any atom is 0.316 e. The van der Waals surface area contributed by atoms with E-state index in [1.807, 2.05) is 5.38 Å². The molecule has 7 heteroatoms. The van der Waals surface area contributed by atoms with Crippen molar-refractivity contribution >= 4 is 23.4 Å². The molecule has 0 aliphatic rings. The maximum atomic E-state index is 5.25. The van der Waals surface area contributed by atoms with Crippen LogP contribution in [0.4, 0.5) is 12.0 Å². The highest BCUT2D eigenvalue weighted by Crippen LogP contribution is 2.07. The van der Waals surface area contributed by atoms with Crippen LogP contribution in [0.25, 0.3) is 0 Å². The molecule has 0 fully saturated rings. The normalized spacial score (nSPS) is 10.3. The second-order valence-electron chi connectivity index (χ2n) is 2.55. The Labute approximate surface area is 84.2 Å². The van der Waals surface area contributed by atoms with E-state index in [0.29, 0.717) is 12.6 Å². The van der Waals surface area contributed by atoms with Gasteiger partial charge in [-0.2, -0.15) is 0 Å². The molecule has 0 saturated carbocycles. The number of nitrogens with zero attached hydrogens (tertiary/aromatic N) is 3. The fraction of sp³-hybridized carbons (Fsp3) is 0.286. The van der Waals surface area contributed by atoms with E-state index in [1.165, 1.54) is 0 Å². The molecular weight excluding hydrogens is 202 g/mol. The van der Waals surface area contributed by atoms with E-state index in [2.05, 4.69) is 20.5 Å². The van der Waals surface area contributed by atoms with Crippen molar-refractivity contribution in [3.05, 3.63) is 16.6 Å². The predicted octanol–water partition coefficient (Wildman–Crippen LogP) is 0.763. The van der Waals surface area contributed by atoms with Gasteiger partial charge in [-0.3, -0.25) is 0 Å². The first kappa shape index (κ1) is 8.95. The summed E-state index contributed by atoms with van der Waals surface area (Å²) >= 11 is 1.62. The number of nitrogen functional groups attached to an aromatic ring is 1. The number of nitrogens with one attached hydrogen (secondary N) is 1. The van der Waals surface area contributed by atoms with Gasteiger partial charge in [0.25, 0.3) is 0 Å². The largest absolute Gasteiger partial charge is 0.390 e. The Morgan fingerprint density at radius 3 is 3.07 bits per heavy atom. The molecule has 0 radical (unpaired) electrons. The summed E-state index contributed by atoms with van der Waals surface area (Å²) in [5.74, 6) is 0. The Morgan fingerprint density at radius 1 is 1.50 bits per heavy atom. The van der Waals surface area contributed by atoms with E-state index < -0.39 is 0 Å². The average Bonchev–Trinajstić information content (AvgIpc) is 2.77. The van der Waals surface area contributed by atoms with Gasteiger partial charge in [0.15, 0.2) is 0 Å². The fourth-order valence-corrected chi connectivity index (χ4v) is 1.58. The quantitative estimate of drug-likeness (QED) is 0.776. The molecule has 6 nitrogen and oxygen atoms in total. The molecule has 0 atom stereocenters. The number of thiazole rings is 1. The SMILES string of the molecule is Nc1nnc(NCCc2nccs2)o1. The van der Waals surface area contributed by atoms with Crippen molar-refractivity contribution in [2.45, 2.75) is 6.42 Å². The van der Waals surface area contributed by atoms with Gasteiger partial charge in [-0.15, -0.1) is 11.3 Å². The first-order valence-corrected chi connectivity index (χ1v) is 4.94. The van der Waals surface area contributed by atoms with Crippen molar-refractivity contribution < 1.29 is 4.42 Å². The summed E-state index contributed by atoms with van der Waals surface area (Å²) < 4.78 is 4.93. The topological polar surface area (TPSA) is 89.9 Å². The summed E-state index contributed by atoms with van der Waals surface area (Å²) in [6, 6.07) is 0.417. The molecule has 2 rings (SSSR count). The highest BCUT2D eigenvalue weighted by molar-refractivity contribution is 7.09. The molecule has 0 spiro atoms. The number of rotatable bonds is 4. The van der Waals surface area contributed by atoms with Crippen LogP contribution in [0.5, 0.6) is 0 Å². The standard InChI is InChI=1S/C7H9N5OS/c8-6-11-12-7(13-6)10-2-1-5-9-3-4-14-5/h3-4H,1-2H2,(H2,8,11)(H,10,12). The molecule has 0 unspecified atom stereocenters. The van der Waals surface area contributed by atoms with Gasteiger partial charge in [0.05, 0.1) is 5.01 Å². The van der Waals surface area contributed by atoms with Crippen molar-refractivity contribution in [3.8, 4) is 0 Å². The fourth-order valence-electron chi connectivity index (χ4n) is 0.959. The lowest BCUT2D eigenvalue weighted by Crippen LogP contribution is -2.04. The molecule has 0 aromatic carbocycles. The second kappa shape index (κ2) is 4.05. The van der Waals surface area contributed by atoms with Gasteiger partial charge in [-0.05, 0) is 0 Å². The van der Waals surface area contributed by atoms with E-state index >= 15 is 0 Å². The third-order valence-electron chi connectivity index (χ3n) is 1.54. The van der Waals surface area contributed by atoms with E-state index in [4.69, 9.17) is 10.2 Å². The number of hydrogen-bond acceptors (Lipinski definition) is 7. The third kappa shape index (κ3) is 2.19. The molecule has 14 heavy (non-hydrogen) atoms. The van der Waals surface area contributed by atoms with Crippen LogP contribution in [0.3, 0.4) is 0 Å². The molecule has 0 bridgehead atoms. The first-order chi connectivity index (χ1) is 6.84. The van der Waals surface area contributed by atoms with Crippen LogP contribution in [-0.4, -0.2) is 21.7 Å². The molecule has 2 aromatic heterocycles. The second-order valence-corrected chi connectivity index (χ2v) is 3.53. The van der Waals surface area contributed by atoms with Gasteiger partial charge in [0.1, 0.15) is 0 Å². The number of aromatic nitrogens is 3. The Hall–Kier alpha value is -1.63. The lowest BCUT2D eigenvalue weighted by Gasteiger charge is -1.97. The van der Waals surface area contributed by atoms with Crippen molar-refractivity contribution in [1.29, 1.82) is 0 Å². The zero-order valence-corrected chi connectivity index (χ0v) is 8.12. The van der Waals surface area contributed by atoms with Gasteiger partial charge in [0.2, 0.25) is 0 Å². The van der Waals surface area contributed by atoms with Crippen molar-refractivity contribution in [2.24, 2.45) is 0 Å². The summed E-state index contributed by atoms with van der Waals surface area (Å²) in [6.07, 6.45) is 2.62. The van der Waals surface area contributed by atoms with Crippen LogP contribution in [0.2, 0.25) is 0 Å². The van der Waals surface area contributed by atoms with E-state index in [-0.39, 0.29) is 6.01 Å². The van der Waals surface area contributed by atoms with Gasteiger partial charge in [-0.1, -0.05) is 10.2 Å². The minimum atomic E-state index is 0.0711. The number of hydrogen-bond donors (Lipinski definition) is 2.